The second-order valence-corrected chi connectivity index (χ2v) is 6.90. The number of aromatic nitrogens is 1. The summed E-state index contributed by atoms with van der Waals surface area (Å²) in [6, 6.07) is 20.4. The Labute approximate surface area is 169 Å². The molecule has 4 rings (SSSR count). The van der Waals surface area contributed by atoms with Gasteiger partial charge in [-0.1, -0.05) is 36.4 Å². The minimum absolute atomic E-state index is 0.0649. The molecule has 6 heteroatoms. The maximum atomic E-state index is 12.6. The van der Waals surface area contributed by atoms with Gasteiger partial charge in [-0.05, 0) is 29.8 Å². The molecule has 1 aliphatic rings. The van der Waals surface area contributed by atoms with Crippen molar-refractivity contribution in [2.24, 2.45) is 0 Å². The van der Waals surface area contributed by atoms with E-state index >= 15 is 0 Å². The SMILES string of the molecule is COc1cccc(C(=O)Nc2cc(N3C[C@@H](c4ccccc4)CC3=O)ccn2)c1. The Kier molecular flexibility index (Phi) is 5.24. The average molecular weight is 387 g/mol. The van der Waals surface area contributed by atoms with E-state index in [0.717, 1.165) is 11.3 Å². The second-order valence-electron chi connectivity index (χ2n) is 6.90. The van der Waals surface area contributed by atoms with Crippen molar-refractivity contribution in [3.8, 4) is 5.75 Å². The van der Waals surface area contributed by atoms with Crippen molar-refractivity contribution >= 4 is 23.3 Å². The summed E-state index contributed by atoms with van der Waals surface area (Å²) in [5, 5.41) is 2.79. The molecule has 0 unspecified atom stereocenters. The van der Waals surface area contributed by atoms with Gasteiger partial charge in [-0.3, -0.25) is 9.59 Å². The van der Waals surface area contributed by atoms with E-state index in [1.54, 1.807) is 54.6 Å². The van der Waals surface area contributed by atoms with E-state index in [4.69, 9.17) is 4.74 Å². The van der Waals surface area contributed by atoms with Gasteiger partial charge < -0.3 is 15.0 Å². The topological polar surface area (TPSA) is 71.5 Å². The third kappa shape index (κ3) is 4.11. The molecule has 0 saturated carbocycles. The minimum Gasteiger partial charge on any atom is -0.497 e. The van der Waals surface area contributed by atoms with Gasteiger partial charge in [0.05, 0.1) is 7.11 Å². The quantitative estimate of drug-likeness (QED) is 0.722. The van der Waals surface area contributed by atoms with Crippen molar-refractivity contribution in [1.29, 1.82) is 0 Å². The van der Waals surface area contributed by atoms with E-state index in [0.29, 0.717) is 30.1 Å². The number of nitrogens with zero attached hydrogens (tertiary/aromatic N) is 2. The van der Waals surface area contributed by atoms with E-state index in [9.17, 15) is 9.59 Å². The third-order valence-corrected chi connectivity index (χ3v) is 5.02. The summed E-state index contributed by atoms with van der Waals surface area (Å²) in [7, 11) is 1.55. The molecule has 0 spiro atoms. The highest BCUT2D eigenvalue weighted by Gasteiger charge is 2.31. The zero-order valence-electron chi connectivity index (χ0n) is 16.0. The van der Waals surface area contributed by atoms with Crippen LogP contribution in [0.5, 0.6) is 5.75 Å². The number of anilines is 2. The summed E-state index contributed by atoms with van der Waals surface area (Å²) in [6.07, 6.45) is 2.07. The van der Waals surface area contributed by atoms with Gasteiger partial charge in [0.1, 0.15) is 11.6 Å². The monoisotopic (exact) mass is 387 g/mol. The van der Waals surface area contributed by atoms with Gasteiger partial charge in [0.25, 0.3) is 5.91 Å². The largest absolute Gasteiger partial charge is 0.497 e. The molecular weight excluding hydrogens is 366 g/mol. The number of rotatable bonds is 5. The number of carbonyl (C=O) groups excluding carboxylic acids is 2. The van der Waals surface area contributed by atoms with Crippen LogP contribution in [-0.2, 0) is 4.79 Å². The van der Waals surface area contributed by atoms with Crippen molar-refractivity contribution in [2.75, 3.05) is 23.9 Å². The Bertz CT molecular complexity index is 1040. The highest BCUT2D eigenvalue weighted by Crippen LogP contribution is 2.32. The summed E-state index contributed by atoms with van der Waals surface area (Å²) in [6.45, 7) is 0.607. The van der Waals surface area contributed by atoms with Gasteiger partial charge in [-0.15, -0.1) is 0 Å². The van der Waals surface area contributed by atoms with Crippen LogP contribution in [0.3, 0.4) is 0 Å². The minimum atomic E-state index is -0.288. The maximum absolute atomic E-state index is 12.6. The van der Waals surface area contributed by atoms with Gasteiger partial charge in [-0.25, -0.2) is 4.98 Å². The second kappa shape index (κ2) is 8.14. The lowest BCUT2D eigenvalue weighted by atomic mass is 9.99. The Morgan fingerprint density at radius 2 is 1.93 bits per heavy atom. The summed E-state index contributed by atoms with van der Waals surface area (Å²) >= 11 is 0. The number of carbonyl (C=O) groups is 2. The van der Waals surface area contributed by atoms with Gasteiger partial charge in [0.15, 0.2) is 0 Å². The molecule has 1 N–H and O–H groups in total. The maximum Gasteiger partial charge on any atom is 0.256 e. The van der Waals surface area contributed by atoms with Crippen LogP contribution in [0.25, 0.3) is 0 Å². The van der Waals surface area contributed by atoms with Crippen LogP contribution >= 0.6 is 0 Å². The normalized spacial score (nSPS) is 16.0. The van der Waals surface area contributed by atoms with Crippen molar-refractivity contribution in [3.63, 3.8) is 0 Å². The van der Waals surface area contributed by atoms with E-state index in [-0.39, 0.29) is 17.7 Å². The molecule has 1 aliphatic heterocycles. The van der Waals surface area contributed by atoms with Crippen molar-refractivity contribution in [3.05, 3.63) is 84.1 Å². The van der Waals surface area contributed by atoms with Crippen LogP contribution < -0.4 is 15.0 Å². The highest BCUT2D eigenvalue weighted by atomic mass is 16.5. The highest BCUT2D eigenvalue weighted by molar-refractivity contribution is 6.04. The Morgan fingerprint density at radius 1 is 1.10 bits per heavy atom. The molecule has 1 atom stereocenters. The van der Waals surface area contributed by atoms with Crippen LogP contribution in [0.2, 0.25) is 0 Å². The van der Waals surface area contributed by atoms with E-state index in [1.165, 1.54) is 0 Å². The number of benzene rings is 2. The molecule has 2 heterocycles. The average Bonchev–Trinajstić information content (AvgIpc) is 3.16. The van der Waals surface area contributed by atoms with Crippen LogP contribution in [-0.4, -0.2) is 30.5 Å². The van der Waals surface area contributed by atoms with Crippen molar-refractivity contribution in [1.82, 2.24) is 4.98 Å². The summed E-state index contributed by atoms with van der Waals surface area (Å²) in [5.74, 6) is 0.936. The standard InChI is InChI=1S/C23H21N3O3/c1-29-20-9-5-8-17(12-20)23(28)25-21-14-19(10-11-24-21)26-15-18(13-22(26)27)16-6-3-2-4-7-16/h2-12,14,18H,13,15H2,1H3,(H,24,25,28)/t18-/m0/s1. The molecule has 29 heavy (non-hydrogen) atoms. The number of methoxy groups -OCH3 is 1. The van der Waals surface area contributed by atoms with Gasteiger partial charge in [0, 0.05) is 42.4 Å². The van der Waals surface area contributed by atoms with Crippen molar-refractivity contribution < 1.29 is 14.3 Å². The summed E-state index contributed by atoms with van der Waals surface area (Å²) < 4.78 is 5.16. The predicted molar refractivity (Wildman–Crippen MR) is 111 cm³/mol. The first-order chi connectivity index (χ1) is 14.1. The number of pyridine rings is 1. The molecule has 6 nitrogen and oxygen atoms in total. The molecule has 2 amide bonds. The number of hydrogen-bond donors (Lipinski definition) is 1. The summed E-state index contributed by atoms with van der Waals surface area (Å²) in [4.78, 5) is 31.1. The number of nitrogens with one attached hydrogen (secondary N) is 1. The first kappa shape index (κ1) is 18.7. The first-order valence-electron chi connectivity index (χ1n) is 9.41. The fourth-order valence-corrected chi connectivity index (χ4v) is 3.51. The molecule has 3 aromatic rings. The molecule has 0 bridgehead atoms. The van der Waals surface area contributed by atoms with Gasteiger partial charge in [-0.2, -0.15) is 0 Å². The first-order valence-corrected chi connectivity index (χ1v) is 9.41. The molecule has 1 aromatic heterocycles. The molecule has 1 saturated heterocycles. The zero-order valence-corrected chi connectivity index (χ0v) is 16.0. The molecule has 0 radical (unpaired) electrons. The molecule has 1 fully saturated rings. The Morgan fingerprint density at radius 3 is 2.72 bits per heavy atom. The van der Waals surface area contributed by atoms with Crippen LogP contribution in [0.15, 0.2) is 72.9 Å². The third-order valence-electron chi connectivity index (χ3n) is 5.02. The molecule has 2 aromatic carbocycles. The molecule has 146 valence electrons. The van der Waals surface area contributed by atoms with Crippen LogP contribution in [0, 0.1) is 0 Å². The zero-order chi connectivity index (χ0) is 20.2. The van der Waals surface area contributed by atoms with Crippen molar-refractivity contribution in [2.45, 2.75) is 12.3 Å². The molecular formula is C23H21N3O3. The van der Waals surface area contributed by atoms with E-state index in [2.05, 4.69) is 10.3 Å². The Balaban J connectivity index is 1.50. The van der Waals surface area contributed by atoms with E-state index in [1.807, 2.05) is 30.3 Å². The fourth-order valence-electron chi connectivity index (χ4n) is 3.51. The van der Waals surface area contributed by atoms with Crippen LogP contribution in [0.1, 0.15) is 28.3 Å². The number of hydrogen-bond acceptors (Lipinski definition) is 4. The van der Waals surface area contributed by atoms with Crippen LogP contribution in [0.4, 0.5) is 11.5 Å². The van der Waals surface area contributed by atoms with Gasteiger partial charge in [0.2, 0.25) is 5.91 Å². The predicted octanol–water partition coefficient (Wildman–Crippen LogP) is 3.86. The lowest BCUT2D eigenvalue weighted by Crippen LogP contribution is -2.24. The Hall–Kier alpha value is -3.67. The van der Waals surface area contributed by atoms with E-state index < -0.39 is 0 Å². The number of amides is 2. The molecule has 0 aliphatic carbocycles. The fraction of sp³-hybridized carbons (Fsp3) is 0.174. The number of ether oxygens (including phenoxy) is 1. The smallest absolute Gasteiger partial charge is 0.256 e. The lowest BCUT2D eigenvalue weighted by Gasteiger charge is -2.17. The summed E-state index contributed by atoms with van der Waals surface area (Å²) in [5.41, 5.74) is 2.35. The lowest BCUT2D eigenvalue weighted by molar-refractivity contribution is -0.117. The van der Waals surface area contributed by atoms with Gasteiger partial charge >= 0.3 is 0 Å².